The monoisotopic (exact) mass is 252 g/mol. The standard InChI is InChI=1S/C7H12N2O4S2/c1-7(3-10,4-11)9-15(12,13)6-2-8-5-14-6/h2,5,9-11H,3-4H2,1H3. The second-order valence-electron chi connectivity index (χ2n) is 3.30. The van der Waals surface area contributed by atoms with Crippen LogP contribution in [0.25, 0.3) is 0 Å². The molecule has 0 unspecified atom stereocenters. The Bertz CT molecular complexity index is 397. The highest BCUT2D eigenvalue weighted by Crippen LogP contribution is 2.16. The van der Waals surface area contributed by atoms with E-state index in [4.69, 9.17) is 10.2 Å². The van der Waals surface area contributed by atoms with Crippen LogP contribution in [0.2, 0.25) is 0 Å². The molecule has 0 bridgehead atoms. The Balaban J connectivity index is 2.91. The van der Waals surface area contributed by atoms with Gasteiger partial charge in [0, 0.05) is 0 Å². The molecule has 0 aliphatic rings. The van der Waals surface area contributed by atoms with E-state index in [0.29, 0.717) is 0 Å². The largest absolute Gasteiger partial charge is 0.394 e. The number of nitrogens with one attached hydrogen (secondary N) is 1. The van der Waals surface area contributed by atoms with Crippen molar-refractivity contribution in [3.63, 3.8) is 0 Å². The van der Waals surface area contributed by atoms with Gasteiger partial charge < -0.3 is 10.2 Å². The van der Waals surface area contributed by atoms with Gasteiger partial charge in [-0.05, 0) is 6.92 Å². The number of nitrogens with zero attached hydrogens (tertiary/aromatic N) is 1. The molecule has 0 fully saturated rings. The summed E-state index contributed by atoms with van der Waals surface area (Å²) in [7, 11) is -3.71. The predicted octanol–water partition coefficient (Wildman–Crippen LogP) is -0.835. The van der Waals surface area contributed by atoms with E-state index in [9.17, 15) is 8.42 Å². The zero-order chi connectivity index (χ0) is 11.5. The molecule has 0 aromatic carbocycles. The summed E-state index contributed by atoms with van der Waals surface area (Å²) < 4.78 is 25.6. The molecule has 0 saturated carbocycles. The Kier molecular flexibility index (Phi) is 3.79. The highest BCUT2D eigenvalue weighted by molar-refractivity contribution is 7.91. The minimum Gasteiger partial charge on any atom is -0.394 e. The van der Waals surface area contributed by atoms with Gasteiger partial charge in [-0.25, -0.2) is 8.42 Å². The molecule has 1 aromatic rings. The van der Waals surface area contributed by atoms with E-state index >= 15 is 0 Å². The molecule has 8 heteroatoms. The van der Waals surface area contributed by atoms with Crippen molar-refractivity contribution >= 4 is 21.4 Å². The van der Waals surface area contributed by atoms with Gasteiger partial charge in [0.15, 0.2) is 4.21 Å². The molecule has 1 heterocycles. The predicted molar refractivity (Wildman–Crippen MR) is 55.0 cm³/mol. The number of hydrogen-bond donors (Lipinski definition) is 3. The van der Waals surface area contributed by atoms with Gasteiger partial charge in [-0.2, -0.15) is 4.72 Å². The van der Waals surface area contributed by atoms with Gasteiger partial charge in [0.2, 0.25) is 0 Å². The fraction of sp³-hybridized carbons (Fsp3) is 0.571. The average Bonchev–Trinajstić information content (AvgIpc) is 2.70. The maximum atomic E-state index is 11.7. The van der Waals surface area contributed by atoms with Crippen LogP contribution in [0.5, 0.6) is 0 Å². The highest BCUT2D eigenvalue weighted by atomic mass is 32.2. The topological polar surface area (TPSA) is 99.5 Å². The molecule has 1 aromatic heterocycles. The van der Waals surface area contributed by atoms with E-state index in [1.807, 2.05) is 0 Å². The smallest absolute Gasteiger partial charge is 0.252 e. The lowest BCUT2D eigenvalue weighted by molar-refractivity contribution is 0.122. The highest BCUT2D eigenvalue weighted by Gasteiger charge is 2.30. The quantitative estimate of drug-likeness (QED) is 0.635. The fourth-order valence-electron chi connectivity index (χ4n) is 0.826. The Morgan fingerprint density at radius 2 is 2.13 bits per heavy atom. The van der Waals surface area contributed by atoms with Crippen LogP contribution in [0.4, 0.5) is 0 Å². The number of aliphatic hydroxyl groups is 2. The molecular formula is C7H12N2O4S2. The van der Waals surface area contributed by atoms with Crippen LogP contribution in [0.1, 0.15) is 6.92 Å². The van der Waals surface area contributed by atoms with Gasteiger partial charge in [0.25, 0.3) is 10.0 Å². The number of hydrogen-bond acceptors (Lipinski definition) is 6. The zero-order valence-electron chi connectivity index (χ0n) is 8.04. The third kappa shape index (κ3) is 2.95. The van der Waals surface area contributed by atoms with E-state index in [1.165, 1.54) is 18.6 Å². The first-order chi connectivity index (χ1) is 6.93. The molecule has 0 atom stereocenters. The fourth-order valence-corrected chi connectivity index (χ4v) is 3.01. The minimum absolute atomic E-state index is 0.0515. The molecule has 0 saturated heterocycles. The first-order valence-electron chi connectivity index (χ1n) is 4.08. The lowest BCUT2D eigenvalue weighted by Crippen LogP contribution is -2.51. The number of aromatic nitrogens is 1. The lowest BCUT2D eigenvalue weighted by atomic mass is 10.1. The van der Waals surface area contributed by atoms with Crippen molar-refractivity contribution in [2.45, 2.75) is 16.7 Å². The summed E-state index contributed by atoms with van der Waals surface area (Å²) in [5.74, 6) is 0. The Morgan fingerprint density at radius 1 is 1.53 bits per heavy atom. The van der Waals surface area contributed by atoms with Gasteiger partial charge >= 0.3 is 0 Å². The van der Waals surface area contributed by atoms with Crippen molar-refractivity contribution in [1.29, 1.82) is 0 Å². The first kappa shape index (κ1) is 12.5. The normalized spacial score (nSPS) is 13.0. The van der Waals surface area contributed by atoms with E-state index in [-0.39, 0.29) is 4.21 Å². The summed E-state index contributed by atoms with van der Waals surface area (Å²) in [5, 5.41) is 17.9. The molecule has 0 aliphatic carbocycles. The zero-order valence-corrected chi connectivity index (χ0v) is 9.68. The number of sulfonamides is 1. The maximum Gasteiger partial charge on any atom is 0.252 e. The summed E-state index contributed by atoms with van der Waals surface area (Å²) in [5.41, 5.74) is 0.132. The molecule has 86 valence electrons. The van der Waals surface area contributed by atoms with Gasteiger partial charge in [0.05, 0.1) is 30.5 Å². The summed E-state index contributed by atoms with van der Waals surface area (Å²) in [6.45, 7) is 0.439. The Morgan fingerprint density at radius 3 is 2.53 bits per heavy atom. The molecule has 0 aliphatic heterocycles. The first-order valence-corrected chi connectivity index (χ1v) is 6.44. The average molecular weight is 252 g/mol. The van der Waals surface area contributed by atoms with Gasteiger partial charge in [-0.3, -0.25) is 4.98 Å². The maximum absolute atomic E-state index is 11.7. The third-order valence-electron chi connectivity index (χ3n) is 1.75. The number of thiazole rings is 1. The Hall–Kier alpha value is -0.540. The third-order valence-corrected chi connectivity index (χ3v) is 4.66. The van der Waals surface area contributed by atoms with Gasteiger partial charge in [-0.1, -0.05) is 0 Å². The van der Waals surface area contributed by atoms with Crippen LogP contribution in [-0.2, 0) is 10.0 Å². The molecular weight excluding hydrogens is 240 g/mol. The lowest BCUT2D eigenvalue weighted by Gasteiger charge is -2.25. The molecule has 15 heavy (non-hydrogen) atoms. The number of aliphatic hydroxyl groups excluding tert-OH is 2. The van der Waals surface area contributed by atoms with Crippen molar-refractivity contribution in [2.75, 3.05) is 13.2 Å². The van der Waals surface area contributed by atoms with Crippen molar-refractivity contribution in [1.82, 2.24) is 9.71 Å². The van der Waals surface area contributed by atoms with Crippen LogP contribution in [0.3, 0.4) is 0 Å². The molecule has 6 nitrogen and oxygen atoms in total. The molecule has 1 rings (SSSR count). The van der Waals surface area contributed by atoms with E-state index in [1.54, 1.807) is 0 Å². The molecule has 0 radical (unpaired) electrons. The van der Waals surface area contributed by atoms with Crippen LogP contribution >= 0.6 is 11.3 Å². The van der Waals surface area contributed by atoms with Crippen LogP contribution in [-0.4, -0.2) is 42.4 Å². The van der Waals surface area contributed by atoms with E-state index in [2.05, 4.69) is 9.71 Å². The summed E-state index contributed by atoms with van der Waals surface area (Å²) >= 11 is 0.967. The Labute approximate surface area is 91.7 Å². The van der Waals surface area contributed by atoms with Crippen LogP contribution < -0.4 is 4.72 Å². The van der Waals surface area contributed by atoms with Gasteiger partial charge in [0.1, 0.15) is 0 Å². The number of rotatable bonds is 5. The SMILES string of the molecule is CC(CO)(CO)NS(=O)(=O)c1cncs1. The summed E-state index contributed by atoms with van der Waals surface area (Å²) in [6, 6.07) is 0. The van der Waals surface area contributed by atoms with Crippen molar-refractivity contribution < 1.29 is 18.6 Å². The van der Waals surface area contributed by atoms with Crippen LogP contribution in [0.15, 0.2) is 15.9 Å². The van der Waals surface area contributed by atoms with Crippen molar-refractivity contribution in [3.8, 4) is 0 Å². The molecule has 3 N–H and O–H groups in total. The van der Waals surface area contributed by atoms with Crippen molar-refractivity contribution in [3.05, 3.63) is 11.7 Å². The second-order valence-corrected chi connectivity index (χ2v) is 6.10. The molecule has 0 spiro atoms. The minimum atomic E-state index is -3.71. The van der Waals surface area contributed by atoms with Crippen LogP contribution in [0, 0.1) is 0 Å². The summed E-state index contributed by atoms with van der Waals surface area (Å²) in [6.07, 6.45) is 1.21. The summed E-state index contributed by atoms with van der Waals surface area (Å²) in [4.78, 5) is 3.64. The second kappa shape index (κ2) is 4.54. The van der Waals surface area contributed by atoms with E-state index < -0.39 is 28.8 Å². The van der Waals surface area contributed by atoms with E-state index in [0.717, 1.165) is 11.3 Å². The molecule has 0 amide bonds. The van der Waals surface area contributed by atoms with Crippen molar-refractivity contribution in [2.24, 2.45) is 0 Å². The van der Waals surface area contributed by atoms with Gasteiger partial charge in [-0.15, -0.1) is 11.3 Å².